The highest BCUT2D eigenvalue weighted by Crippen LogP contribution is 2.44. The number of carbonyl (C=O) groups excluding carboxylic acids is 2. The number of aliphatic carboxylic acids is 1. The van der Waals surface area contributed by atoms with E-state index in [2.05, 4.69) is 36.5 Å². The van der Waals surface area contributed by atoms with Crippen LogP contribution in [-0.2, 0) is 14.3 Å². The summed E-state index contributed by atoms with van der Waals surface area (Å²) in [6.45, 7) is 3.09. The van der Waals surface area contributed by atoms with E-state index >= 15 is 0 Å². The molecular formula is C28H34N2O5. The molecule has 1 saturated heterocycles. The van der Waals surface area contributed by atoms with E-state index in [1.165, 1.54) is 11.1 Å². The van der Waals surface area contributed by atoms with Crippen LogP contribution in [0.1, 0.15) is 62.5 Å². The van der Waals surface area contributed by atoms with Crippen molar-refractivity contribution in [2.24, 2.45) is 5.92 Å². The van der Waals surface area contributed by atoms with E-state index in [-0.39, 0.29) is 37.4 Å². The number of rotatable bonds is 9. The summed E-state index contributed by atoms with van der Waals surface area (Å²) in [7, 11) is 0. The third-order valence-electron chi connectivity index (χ3n) is 7.12. The van der Waals surface area contributed by atoms with Crippen molar-refractivity contribution in [1.82, 2.24) is 10.2 Å². The van der Waals surface area contributed by atoms with E-state index in [0.29, 0.717) is 25.8 Å². The Morgan fingerprint density at radius 1 is 1.09 bits per heavy atom. The van der Waals surface area contributed by atoms with Gasteiger partial charge in [-0.15, -0.1) is 0 Å². The fourth-order valence-electron chi connectivity index (χ4n) is 5.23. The predicted octanol–water partition coefficient (Wildman–Crippen LogP) is 4.80. The van der Waals surface area contributed by atoms with Gasteiger partial charge in [-0.25, -0.2) is 4.79 Å². The number of carboxylic acid groups (broad SMARTS) is 1. The van der Waals surface area contributed by atoms with E-state index in [4.69, 9.17) is 4.74 Å². The number of hydrogen-bond acceptors (Lipinski definition) is 4. The lowest BCUT2D eigenvalue weighted by molar-refractivity contribution is -0.145. The Hall–Kier alpha value is -3.35. The number of unbranched alkanes of at least 4 members (excludes halogenated alkanes) is 1. The normalized spacial score (nSPS) is 17.9. The molecule has 2 atom stereocenters. The highest BCUT2D eigenvalue weighted by atomic mass is 16.5. The highest BCUT2D eigenvalue weighted by Gasteiger charge is 2.31. The second-order valence-electron chi connectivity index (χ2n) is 9.53. The molecule has 1 unspecified atom stereocenters. The molecule has 0 radical (unpaired) electrons. The summed E-state index contributed by atoms with van der Waals surface area (Å²) in [5.41, 5.74) is 4.64. The zero-order valence-electron chi connectivity index (χ0n) is 20.2. The SMILES string of the molecule is CCCC[C@@H](CC(=O)N1CCCC(C(=O)O)C1)NC(=O)OCC1c2ccccc2-c2ccccc21. The zero-order valence-corrected chi connectivity index (χ0v) is 20.2. The molecule has 2 amide bonds. The number of alkyl carbamates (subject to hydrolysis) is 1. The third-order valence-corrected chi connectivity index (χ3v) is 7.12. The summed E-state index contributed by atoms with van der Waals surface area (Å²) in [6, 6.07) is 16.0. The minimum absolute atomic E-state index is 0.0230. The third kappa shape index (κ3) is 5.84. The molecule has 186 valence electrons. The molecule has 2 aliphatic rings. The van der Waals surface area contributed by atoms with Gasteiger partial charge in [0.15, 0.2) is 0 Å². The van der Waals surface area contributed by atoms with Crippen LogP contribution < -0.4 is 5.32 Å². The number of fused-ring (bicyclic) bond motifs is 3. The van der Waals surface area contributed by atoms with Crippen LogP contribution in [0.25, 0.3) is 11.1 Å². The van der Waals surface area contributed by atoms with Gasteiger partial charge in [-0.05, 0) is 41.5 Å². The Kier molecular flexibility index (Phi) is 8.06. The first-order chi connectivity index (χ1) is 17.0. The topological polar surface area (TPSA) is 95.9 Å². The molecule has 1 aliphatic carbocycles. The van der Waals surface area contributed by atoms with E-state index in [0.717, 1.165) is 24.0 Å². The van der Waals surface area contributed by atoms with Crippen molar-refractivity contribution in [3.8, 4) is 11.1 Å². The van der Waals surface area contributed by atoms with Gasteiger partial charge in [-0.2, -0.15) is 0 Å². The molecule has 4 rings (SSSR count). The molecule has 1 heterocycles. The number of carboxylic acids is 1. The lowest BCUT2D eigenvalue weighted by Gasteiger charge is -2.32. The van der Waals surface area contributed by atoms with E-state index in [1.807, 2.05) is 24.3 Å². The summed E-state index contributed by atoms with van der Waals surface area (Å²) in [5, 5.41) is 12.2. The van der Waals surface area contributed by atoms with Gasteiger partial charge in [0.25, 0.3) is 0 Å². The van der Waals surface area contributed by atoms with Crippen molar-refractivity contribution in [1.29, 1.82) is 0 Å². The number of benzene rings is 2. The van der Waals surface area contributed by atoms with Gasteiger partial charge in [0.1, 0.15) is 6.61 Å². The van der Waals surface area contributed by atoms with Gasteiger partial charge in [-0.3, -0.25) is 9.59 Å². The number of piperidine rings is 1. The molecule has 7 heteroatoms. The van der Waals surface area contributed by atoms with Crippen molar-refractivity contribution in [3.05, 3.63) is 59.7 Å². The van der Waals surface area contributed by atoms with Gasteiger partial charge < -0.3 is 20.1 Å². The second-order valence-corrected chi connectivity index (χ2v) is 9.53. The van der Waals surface area contributed by atoms with E-state index in [9.17, 15) is 19.5 Å². The minimum Gasteiger partial charge on any atom is -0.481 e. The predicted molar refractivity (Wildman–Crippen MR) is 133 cm³/mol. The number of amides is 2. The Morgan fingerprint density at radius 3 is 2.37 bits per heavy atom. The molecule has 1 aliphatic heterocycles. The molecule has 0 aromatic heterocycles. The van der Waals surface area contributed by atoms with Gasteiger partial charge in [0.2, 0.25) is 5.91 Å². The molecule has 1 fully saturated rings. The number of hydrogen-bond donors (Lipinski definition) is 2. The van der Waals surface area contributed by atoms with E-state index < -0.39 is 18.0 Å². The Labute approximate surface area is 206 Å². The summed E-state index contributed by atoms with van der Waals surface area (Å²) in [6.07, 6.45) is 3.39. The smallest absolute Gasteiger partial charge is 0.407 e. The van der Waals surface area contributed by atoms with Crippen LogP contribution in [-0.4, -0.2) is 53.7 Å². The number of carbonyl (C=O) groups is 3. The van der Waals surface area contributed by atoms with Crippen LogP contribution in [0, 0.1) is 5.92 Å². The standard InChI is InChI=1S/C28H34N2O5/c1-2-3-10-20(16-26(31)30-15-8-9-19(17-30)27(32)33)29-28(34)35-18-25-23-13-6-4-11-21(23)22-12-5-7-14-24(22)25/h4-7,11-14,19-20,25H,2-3,8-10,15-18H2,1H3,(H,29,34)(H,32,33)/t19?,20-/m0/s1. The fourth-order valence-corrected chi connectivity index (χ4v) is 5.23. The first kappa shape index (κ1) is 24.8. The molecule has 0 bridgehead atoms. The minimum atomic E-state index is -0.859. The largest absolute Gasteiger partial charge is 0.481 e. The van der Waals surface area contributed by atoms with Gasteiger partial charge >= 0.3 is 12.1 Å². The monoisotopic (exact) mass is 478 g/mol. The first-order valence-corrected chi connectivity index (χ1v) is 12.6. The second kappa shape index (κ2) is 11.4. The van der Waals surface area contributed by atoms with Crippen molar-refractivity contribution >= 4 is 18.0 Å². The molecule has 2 N–H and O–H groups in total. The maximum atomic E-state index is 12.9. The Bertz CT molecular complexity index is 1020. The van der Waals surface area contributed by atoms with Crippen LogP contribution >= 0.6 is 0 Å². The van der Waals surface area contributed by atoms with Crippen molar-refractivity contribution in [3.63, 3.8) is 0 Å². The average Bonchev–Trinajstić information content (AvgIpc) is 3.19. The fraction of sp³-hybridized carbons (Fsp3) is 0.464. The molecule has 7 nitrogen and oxygen atoms in total. The van der Waals surface area contributed by atoms with E-state index in [1.54, 1.807) is 4.90 Å². The molecule has 0 saturated carbocycles. The van der Waals surface area contributed by atoms with Crippen molar-refractivity contribution < 1.29 is 24.2 Å². The average molecular weight is 479 g/mol. The zero-order chi connectivity index (χ0) is 24.8. The van der Waals surface area contributed by atoms with Gasteiger partial charge in [-0.1, -0.05) is 68.3 Å². The molecule has 35 heavy (non-hydrogen) atoms. The number of nitrogens with one attached hydrogen (secondary N) is 1. The van der Waals surface area contributed by atoms with Crippen LogP contribution in [0.15, 0.2) is 48.5 Å². The number of likely N-dealkylation sites (tertiary alicyclic amines) is 1. The Balaban J connectivity index is 1.36. The maximum absolute atomic E-state index is 12.9. The summed E-state index contributed by atoms with van der Waals surface area (Å²) in [5.74, 6) is -1.51. The van der Waals surface area contributed by atoms with Gasteiger partial charge in [0.05, 0.1) is 5.92 Å². The maximum Gasteiger partial charge on any atom is 0.407 e. The molecule has 2 aromatic carbocycles. The molecule has 0 spiro atoms. The van der Waals surface area contributed by atoms with Gasteiger partial charge in [0, 0.05) is 31.5 Å². The number of ether oxygens (including phenoxy) is 1. The summed E-state index contributed by atoms with van der Waals surface area (Å²) < 4.78 is 5.67. The first-order valence-electron chi connectivity index (χ1n) is 12.6. The van der Waals surface area contributed by atoms with Crippen molar-refractivity contribution in [2.45, 2.75) is 57.4 Å². The number of nitrogens with zero attached hydrogens (tertiary/aromatic N) is 1. The quantitative estimate of drug-likeness (QED) is 0.540. The van der Waals surface area contributed by atoms with Crippen molar-refractivity contribution in [2.75, 3.05) is 19.7 Å². The van der Waals surface area contributed by atoms with Crippen LogP contribution in [0.2, 0.25) is 0 Å². The van der Waals surface area contributed by atoms with Crippen LogP contribution in [0.3, 0.4) is 0 Å². The Morgan fingerprint density at radius 2 is 1.74 bits per heavy atom. The highest BCUT2D eigenvalue weighted by molar-refractivity contribution is 5.80. The lowest BCUT2D eigenvalue weighted by Crippen LogP contribution is -2.45. The van der Waals surface area contributed by atoms with Crippen LogP contribution in [0.4, 0.5) is 4.79 Å². The lowest BCUT2D eigenvalue weighted by atomic mass is 9.97. The molecule has 2 aromatic rings. The summed E-state index contributed by atoms with van der Waals surface area (Å²) in [4.78, 5) is 38.6. The summed E-state index contributed by atoms with van der Waals surface area (Å²) >= 11 is 0. The molecular weight excluding hydrogens is 444 g/mol. The van der Waals surface area contributed by atoms with Crippen LogP contribution in [0.5, 0.6) is 0 Å².